The van der Waals surface area contributed by atoms with Gasteiger partial charge >= 0.3 is 59.1 Å². The SMILES string of the molecule is Cc1[nH]nc(N=Nc2c(S(=O)(=O)[O-])cc3cc(SOO[O-])cc(O)c3c2N)c1Cl.[Na+].[Na+]. The fourth-order valence-electron chi connectivity index (χ4n) is 2.45. The number of rotatable bonds is 6. The zero-order valence-electron chi connectivity index (χ0n) is 16.2. The van der Waals surface area contributed by atoms with Crippen molar-refractivity contribution in [2.75, 3.05) is 5.73 Å². The van der Waals surface area contributed by atoms with Gasteiger partial charge in [0.05, 0.1) is 28.3 Å². The summed E-state index contributed by atoms with van der Waals surface area (Å²) in [6, 6.07) is 3.46. The number of nitrogens with one attached hydrogen (secondary N) is 1. The molecule has 2 aromatic carbocycles. The summed E-state index contributed by atoms with van der Waals surface area (Å²) in [7, 11) is -5.04. The maximum absolute atomic E-state index is 11.8. The molecule has 17 heteroatoms. The number of aromatic amines is 1. The minimum Gasteiger partial charge on any atom is -0.744 e. The Kier molecular flexibility index (Phi) is 10.7. The smallest absolute Gasteiger partial charge is 0.744 e. The predicted molar refractivity (Wildman–Crippen MR) is 98.5 cm³/mol. The van der Waals surface area contributed by atoms with Crippen molar-refractivity contribution in [3.8, 4) is 5.75 Å². The van der Waals surface area contributed by atoms with E-state index in [2.05, 4.69) is 29.8 Å². The van der Waals surface area contributed by atoms with Gasteiger partial charge in [0, 0.05) is 10.3 Å². The molecule has 0 aliphatic heterocycles. The molecular formula is C14H10ClN5Na2O7S2. The number of aryl methyl sites for hydroxylation is 1. The number of anilines is 1. The summed E-state index contributed by atoms with van der Waals surface area (Å²) in [5.41, 5.74) is 5.67. The summed E-state index contributed by atoms with van der Waals surface area (Å²) in [6.45, 7) is 1.63. The van der Waals surface area contributed by atoms with Crippen LogP contribution in [0.15, 0.2) is 38.2 Å². The van der Waals surface area contributed by atoms with E-state index in [0.29, 0.717) is 17.7 Å². The number of phenolic OH excluding ortho intramolecular Hbond substituents is 1. The van der Waals surface area contributed by atoms with Crippen LogP contribution in [0, 0.1) is 6.92 Å². The molecule has 0 saturated heterocycles. The minimum absolute atomic E-state index is 0. The molecule has 3 aromatic rings. The van der Waals surface area contributed by atoms with Crippen LogP contribution in [0.3, 0.4) is 0 Å². The van der Waals surface area contributed by atoms with Crippen LogP contribution in [-0.4, -0.2) is 28.3 Å². The first-order valence-electron chi connectivity index (χ1n) is 7.44. The third-order valence-corrected chi connectivity index (χ3v) is 5.55. The zero-order chi connectivity index (χ0) is 21.3. The van der Waals surface area contributed by atoms with E-state index in [-0.39, 0.29) is 91.3 Å². The van der Waals surface area contributed by atoms with Crippen molar-refractivity contribution in [3.63, 3.8) is 0 Å². The fourth-order valence-corrected chi connectivity index (χ4v) is 3.67. The van der Waals surface area contributed by atoms with Crippen molar-refractivity contribution in [2.24, 2.45) is 10.2 Å². The Balaban J connectivity index is 0.00000240. The number of aromatic hydroxyl groups is 1. The maximum atomic E-state index is 11.8. The number of nitrogen functional groups attached to an aromatic ring is 1. The Bertz CT molecular complexity index is 1240. The largest absolute Gasteiger partial charge is 1.00 e. The first-order valence-corrected chi connectivity index (χ1v) is 9.96. The van der Waals surface area contributed by atoms with E-state index in [4.69, 9.17) is 17.3 Å². The van der Waals surface area contributed by atoms with E-state index >= 15 is 0 Å². The number of aromatic nitrogens is 2. The second-order valence-corrected chi connectivity index (χ2v) is 8.04. The third kappa shape index (κ3) is 6.32. The molecular weight excluding hydrogens is 496 g/mol. The Hall–Kier alpha value is -0.460. The van der Waals surface area contributed by atoms with Crippen molar-refractivity contribution >= 4 is 61.7 Å². The van der Waals surface area contributed by atoms with E-state index in [1.54, 1.807) is 6.92 Å². The third-order valence-electron chi connectivity index (χ3n) is 3.69. The standard InChI is InChI=1S/C14H12ClN5O7S2.2Na/c1-5-11(15)14(19-17-5)20-18-13-9(29(23,24)25)3-6-2-7(28-27-26-22)4-8(21)10(6)12(13)16;;/h2-4,21-22H,16H2,1H3,(H,17,19)(H,23,24,25);;/q;2*+1/p-2. The van der Waals surface area contributed by atoms with Crippen LogP contribution in [0.5, 0.6) is 5.75 Å². The molecule has 0 radical (unpaired) electrons. The van der Waals surface area contributed by atoms with E-state index in [9.17, 15) is 23.3 Å². The Labute approximate surface area is 228 Å². The predicted octanol–water partition coefficient (Wildman–Crippen LogP) is -3.63. The molecule has 1 heterocycles. The van der Waals surface area contributed by atoms with Crippen molar-refractivity contribution in [1.82, 2.24) is 10.2 Å². The molecule has 12 nitrogen and oxygen atoms in total. The number of fused-ring (bicyclic) bond motifs is 1. The van der Waals surface area contributed by atoms with Gasteiger partial charge in [0.25, 0.3) is 0 Å². The number of azo groups is 1. The summed E-state index contributed by atoms with van der Waals surface area (Å²) in [4.78, 5) is -0.607. The molecule has 0 saturated carbocycles. The number of hydrogen-bond donors (Lipinski definition) is 3. The van der Waals surface area contributed by atoms with Crippen molar-refractivity contribution in [3.05, 3.63) is 28.9 Å². The van der Waals surface area contributed by atoms with E-state index in [0.717, 1.165) is 6.07 Å². The van der Waals surface area contributed by atoms with E-state index in [1.165, 1.54) is 12.1 Å². The summed E-state index contributed by atoms with van der Waals surface area (Å²) in [5.74, 6) is -0.444. The second kappa shape index (κ2) is 11.6. The van der Waals surface area contributed by atoms with Crippen LogP contribution in [0.2, 0.25) is 5.02 Å². The quantitative estimate of drug-likeness (QED) is 0.0571. The van der Waals surface area contributed by atoms with Gasteiger partial charge in [0.2, 0.25) is 5.82 Å². The summed E-state index contributed by atoms with van der Waals surface area (Å²) < 4.78 is 39.4. The summed E-state index contributed by atoms with van der Waals surface area (Å²) in [5, 5.41) is 37.5. The van der Waals surface area contributed by atoms with Gasteiger partial charge in [-0.25, -0.2) is 8.42 Å². The van der Waals surface area contributed by atoms with Crippen LogP contribution < -0.4 is 70.1 Å². The average molecular weight is 506 g/mol. The first-order chi connectivity index (χ1) is 13.6. The van der Waals surface area contributed by atoms with Gasteiger partial charge in [-0.3, -0.25) is 10.1 Å². The molecule has 0 fully saturated rings. The van der Waals surface area contributed by atoms with Crippen LogP contribution in [0.25, 0.3) is 10.8 Å². The van der Waals surface area contributed by atoms with Gasteiger partial charge in [0.1, 0.15) is 26.6 Å². The van der Waals surface area contributed by atoms with Gasteiger partial charge in [0.15, 0.2) is 0 Å². The number of halogens is 1. The summed E-state index contributed by atoms with van der Waals surface area (Å²) in [6.07, 6.45) is 0. The number of H-pyrrole nitrogens is 1. The van der Waals surface area contributed by atoms with E-state index in [1.807, 2.05) is 0 Å². The molecule has 0 amide bonds. The molecule has 3 rings (SSSR count). The first kappa shape index (κ1) is 28.6. The zero-order valence-corrected chi connectivity index (χ0v) is 22.6. The molecule has 4 N–H and O–H groups in total. The number of nitrogens with two attached hydrogens (primary N) is 1. The molecule has 0 aliphatic carbocycles. The Morgan fingerprint density at radius 2 is 1.97 bits per heavy atom. The number of hydrogen-bond acceptors (Lipinski definition) is 12. The van der Waals surface area contributed by atoms with Gasteiger partial charge in [-0.05, 0) is 30.5 Å². The topological polar surface area (TPSA) is 198 Å². The van der Waals surface area contributed by atoms with Gasteiger partial charge < -0.3 is 20.7 Å². The minimum atomic E-state index is -5.04. The number of nitrogens with zero attached hydrogens (tertiary/aromatic N) is 3. The Morgan fingerprint density at radius 1 is 1.29 bits per heavy atom. The average Bonchev–Trinajstić information content (AvgIpc) is 2.96. The molecule has 0 bridgehead atoms. The van der Waals surface area contributed by atoms with Gasteiger partial charge in [-0.2, -0.15) is 9.43 Å². The molecule has 1 aromatic heterocycles. The second-order valence-electron chi connectivity index (χ2n) is 5.54. The van der Waals surface area contributed by atoms with Crippen molar-refractivity contribution < 1.29 is 91.8 Å². The maximum Gasteiger partial charge on any atom is 1.00 e. The molecule has 31 heavy (non-hydrogen) atoms. The fraction of sp³-hybridized carbons (Fsp3) is 0.0714. The molecule has 0 unspecified atom stereocenters. The molecule has 0 atom stereocenters. The van der Waals surface area contributed by atoms with Gasteiger partial charge in [-0.1, -0.05) is 11.6 Å². The molecule has 154 valence electrons. The normalized spacial score (nSPS) is 11.5. The molecule has 0 aliphatic rings. The van der Waals surface area contributed by atoms with Crippen LogP contribution in [0.1, 0.15) is 5.69 Å². The molecule has 0 spiro atoms. The Morgan fingerprint density at radius 3 is 2.52 bits per heavy atom. The number of phenols is 1. The van der Waals surface area contributed by atoms with Gasteiger partial charge in [-0.15, -0.1) is 10.2 Å². The van der Waals surface area contributed by atoms with Crippen molar-refractivity contribution in [1.29, 1.82) is 0 Å². The van der Waals surface area contributed by atoms with Crippen LogP contribution in [0.4, 0.5) is 17.2 Å². The summed E-state index contributed by atoms with van der Waals surface area (Å²) >= 11 is 6.43. The number of benzene rings is 2. The van der Waals surface area contributed by atoms with Crippen molar-refractivity contribution in [2.45, 2.75) is 16.7 Å². The van der Waals surface area contributed by atoms with Crippen LogP contribution in [-0.2, 0) is 19.5 Å². The van der Waals surface area contributed by atoms with Crippen LogP contribution >= 0.6 is 23.6 Å². The van der Waals surface area contributed by atoms with E-state index < -0.39 is 26.5 Å². The monoisotopic (exact) mass is 505 g/mol.